The maximum Gasteiger partial charge on any atom is 0.404 e. The molecule has 12 heteroatoms. The number of ether oxygens (including phenoxy) is 2. The van der Waals surface area contributed by atoms with Gasteiger partial charge in [0, 0.05) is 43.6 Å². The van der Waals surface area contributed by atoms with E-state index in [1.807, 2.05) is 4.90 Å². The van der Waals surface area contributed by atoms with Gasteiger partial charge in [0.2, 0.25) is 0 Å². The molecule has 37 heavy (non-hydrogen) atoms. The number of primary amides is 1. The van der Waals surface area contributed by atoms with E-state index in [-0.39, 0.29) is 46.1 Å². The fraction of sp³-hybridized carbons (Fsp3) is 0.680. The van der Waals surface area contributed by atoms with Crippen molar-refractivity contribution in [2.45, 2.75) is 57.8 Å². The van der Waals surface area contributed by atoms with Crippen LogP contribution in [-0.2, 0) is 4.74 Å². The van der Waals surface area contributed by atoms with Gasteiger partial charge in [0.05, 0.1) is 10.9 Å². The number of hydrogen-bond acceptors (Lipinski definition) is 8. The fourth-order valence-corrected chi connectivity index (χ4v) is 7.35. The zero-order valence-corrected chi connectivity index (χ0v) is 21.9. The van der Waals surface area contributed by atoms with Crippen LogP contribution in [0.1, 0.15) is 40.0 Å². The molecule has 3 aliphatic heterocycles. The van der Waals surface area contributed by atoms with Crippen molar-refractivity contribution in [1.29, 1.82) is 0 Å². The van der Waals surface area contributed by atoms with Crippen molar-refractivity contribution in [3.05, 3.63) is 17.2 Å². The first-order valence-electron chi connectivity index (χ1n) is 12.7. The molecule has 6 rings (SSSR count). The molecule has 5 heterocycles. The van der Waals surface area contributed by atoms with Crippen molar-refractivity contribution in [3.8, 4) is 6.01 Å². The number of pyridine rings is 1. The lowest BCUT2D eigenvalue weighted by Crippen LogP contribution is -2.43. The number of halogens is 3. The molecule has 1 saturated carbocycles. The number of alkyl halides is 1. The Bertz CT molecular complexity index is 1280. The standard InChI is InChI=1S/C25H31ClF2N6O3/c1-23(2,3)25-11-33(10-15(25)18(25)37-21(29)35)20-14-8-30-19(26)16(28)17(14)31-22(32-20)36-12-24-5-4-6-34(24)9-13(27)7-24/h8,13,15,18H,4-7,9-12H2,1-3H3,(H2,29,35)/t13-,15+,18-,24+,25+/m1/s1. The third-order valence-corrected chi connectivity index (χ3v) is 9.33. The van der Waals surface area contributed by atoms with Gasteiger partial charge in [-0.15, -0.1) is 0 Å². The summed E-state index contributed by atoms with van der Waals surface area (Å²) in [5.41, 5.74) is 4.44. The number of fused-ring (bicyclic) bond motifs is 3. The molecule has 2 aromatic heterocycles. The van der Waals surface area contributed by atoms with E-state index in [0.29, 0.717) is 37.3 Å². The Labute approximate surface area is 218 Å². The van der Waals surface area contributed by atoms with Gasteiger partial charge in [0.15, 0.2) is 11.0 Å². The molecule has 0 bridgehead atoms. The van der Waals surface area contributed by atoms with Crippen LogP contribution in [0, 0.1) is 22.6 Å². The van der Waals surface area contributed by atoms with Gasteiger partial charge in [-0.25, -0.2) is 18.6 Å². The number of nitrogens with two attached hydrogens (primary N) is 1. The van der Waals surface area contributed by atoms with Crippen LogP contribution in [0.5, 0.6) is 6.01 Å². The van der Waals surface area contributed by atoms with Crippen molar-refractivity contribution in [3.63, 3.8) is 0 Å². The Kier molecular flexibility index (Phi) is 5.52. The van der Waals surface area contributed by atoms with E-state index < -0.39 is 23.6 Å². The van der Waals surface area contributed by atoms with Gasteiger partial charge in [-0.2, -0.15) is 9.97 Å². The van der Waals surface area contributed by atoms with Crippen molar-refractivity contribution in [1.82, 2.24) is 19.9 Å². The van der Waals surface area contributed by atoms with Crippen LogP contribution in [-0.4, -0.2) is 76.5 Å². The predicted molar refractivity (Wildman–Crippen MR) is 133 cm³/mol. The van der Waals surface area contributed by atoms with E-state index in [1.165, 1.54) is 6.20 Å². The van der Waals surface area contributed by atoms with E-state index in [9.17, 15) is 9.18 Å². The monoisotopic (exact) mass is 536 g/mol. The Morgan fingerprint density at radius 1 is 1.32 bits per heavy atom. The molecule has 3 saturated heterocycles. The Morgan fingerprint density at radius 3 is 2.81 bits per heavy atom. The number of rotatable bonds is 5. The Morgan fingerprint density at radius 2 is 2.11 bits per heavy atom. The van der Waals surface area contributed by atoms with Crippen LogP contribution in [0.3, 0.4) is 0 Å². The van der Waals surface area contributed by atoms with Gasteiger partial charge in [-0.1, -0.05) is 32.4 Å². The predicted octanol–water partition coefficient (Wildman–Crippen LogP) is 3.72. The number of piperidine rings is 1. The van der Waals surface area contributed by atoms with Gasteiger partial charge >= 0.3 is 12.1 Å². The van der Waals surface area contributed by atoms with Crippen molar-refractivity contribution < 1.29 is 23.0 Å². The summed E-state index contributed by atoms with van der Waals surface area (Å²) >= 11 is 5.99. The zero-order valence-electron chi connectivity index (χ0n) is 21.1. The van der Waals surface area contributed by atoms with E-state index >= 15 is 4.39 Å². The molecule has 2 aromatic rings. The second-order valence-corrected chi connectivity index (χ2v) is 12.3. The van der Waals surface area contributed by atoms with E-state index in [1.54, 1.807) is 0 Å². The smallest absolute Gasteiger partial charge is 0.404 e. The topological polar surface area (TPSA) is 107 Å². The molecule has 0 spiro atoms. The van der Waals surface area contributed by atoms with Crippen LogP contribution >= 0.6 is 11.6 Å². The minimum Gasteiger partial charge on any atom is -0.461 e. The molecule has 1 aliphatic carbocycles. The molecular weight excluding hydrogens is 506 g/mol. The second-order valence-electron chi connectivity index (χ2n) is 12.0. The molecule has 9 nitrogen and oxygen atoms in total. The molecule has 4 fully saturated rings. The molecule has 5 atom stereocenters. The van der Waals surface area contributed by atoms with Crippen molar-refractivity contribution in [2.24, 2.45) is 22.5 Å². The Balaban J connectivity index is 1.34. The number of carbonyl (C=O) groups excluding carboxylic acids is 1. The summed E-state index contributed by atoms with van der Waals surface area (Å²) in [5.74, 6) is -0.222. The summed E-state index contributed by atoms with van der Waals surface area (Å²) < 4.78 is 40.9. The maximum atomic E-state index is 15.1. The normalized spacial score (nSPS) is 33.0. The van der Waals surface area contributed by atoms with Crippen LogP contribution in [0.2, 0.25) is 5.15 Å². The number of hydrogen-bond donors (Lipinski definition) is 1. The van der Waals surface area contributed by atoms with Gasteiger partial charge in [-0.05, 0) is 24.8 Å². The van der Waals surface area contributed by atoms with Gasteiger partial charge in [0.1, 0.15) is 30.2 Å². The third-order valence-electron chi connectivity index (χ3n) is 9.07. The van der Waals surface area contributed by atoms with E-state index in [0.717, 1.165) is 19.4 Å². The van der Waals surface area contributed by atoms with Crippen LogP contribution in [0.25, 0.3) is 10.9 Å². The summed E-state index contributed by atoms with van der Waals surface area (Å²) in [6.07, 6.45) is 1.71. The van der Waals surface area contributed by atoms with Gasteiger partial charge < -0.3 is 20.1 Å². The minimum absolute atomic E-state index is 0.0162. The summed E-state index contributed by atoms with van der Waals surface area (Å²) in [4.78, 5) is 28.7. The SMILES string of the molecule is CC(C)(C)[C@@]12CN(c3nc(OC[C@@]45CCCN4C[C@H](F)C5)nc4c(F)c(Cl)ncc34)C[C@H]1[C@H]2OC(N)=O. The molecule has 0 radical (unpaired) electrons. The van der Waals surface area contributed by atoms with Crippen LogP contribution in [0.15, 0.2) is 6.20 Å². The molecular formula is C25H31ClF2N6O3. The number of carbonyl (C=O) groups is 1. The summed E-state index contributed by atoms with van der Waals surface area (Å²) in [7, 11) is 0. The molecule has 200 valence electrons. The Hall–Kier alpha value is -2.53. The van der Waals surface area contributed by atoms with Crippen LogP contribution in [0.4, 0.5) is 19.4 Å². The van der Waals surface area contributed by atoms with Crippen molar-refractivity contribution >= 4 is 34.4 Å². The molecule has 1 amide bonds. The minimum atomic E-state index is -0.889. The summed E-state index contributed by atoms with van der Waals surface area (Å²) in [6, 6.07) is 0.0162. The highest BCUT2D eigenvalue weighted by atomic mass is 35.5. The van der Waals surface area contributed by atoms with E-state index in [4.69, 9.17) is 31.8 Å². The molecule has 0 aromatic carbocycles. The quantitative estimate of drug-likeness (QED) is 0.576. The lowest BCUT2D eigenvalue weighted by molar-refractivity contribution is 0.0960. The lowest BCUT2D eigenvalue weighted by Gasteiger charge is -2.33. The maximum absolute atomic E-state index is 15.1. The van der Waals surface area contributed by atoms with Gasteiger partial charge in [0.25, 0.3) is 0 Å². The highest BCUT2D eigenvalue weighted by Gasteiger charge is 2.76. The highest BCUT2D eigenvalue weighted by Crippen LogP contribution is 2.68. The first kappa shape index (κ1) is 24.8. The third kappa shape index (κ3) is 3.71. The molecule has 4 aliphatic rings. The first-order chi connectivity index (χ1) is 17.4. The largest absolute Gasteiger partial charge is 0.461 e. The van der Waals surface area contributed by atoms with Crippen molar-refractivity contribution in [2.75, 3.05) is 37.7 Å². The molecule has 0 unspecified atom stereocenters. The average Bonchev–Trinajstić information content (AvgIpc) is 3.17. The zero-order chi connectivity index (χ0) is 26.3. The average molecular weight is 537 g/mol. The highest BCUT2D eigenvalue weighted by molar-refractivity contribution is 6.30. The van der Waals surface area contributed by atoms with Gasteiger partial charge in [-0.3, -0.25) is 4.90 Å². The number of amides is 1. The van der Waals surface area contributed by atoms with Crippen LogP contribution < -0.4 is 15.4 Å². The number of anilines is 1. The summed E-state index contributed by atoms with van der Waals surface area (Å²) in [6.45, 7) is 8.84. The molecule has 2 N–H and O–H groups in total. The number of aromatic nitrogens is 3. The number of nitrogens with zero attached hydrogens (tertiary/aromatic N) is 5. The van der Waals surface area contributed by atoms with E-state index in [2.05, 4.69) is 35.6 Å². The first-order valence-corrected chi connectivity index (χ1v) is 13.1. The summed E-state index contributed by atoms with van der Waals surface area (Å²) in [5, 5.41) is 0.127. The second kappa shape index (κ2) is 8.23. The lowest BCUT2D eigenvalue weighted by atomic mass is 9.76. The fourth-order valence-electron chi connectivity index (χ4n) is 7.21.